The Morgan fingerprint density at radius 1 is 1.36 bits per heavy atom. The van der Waals surface area contributed by atoms with Crippen molar-refractivity contribution >= 4 is 43.5 Å². The van der Waals surface area contributed by atoms with E-state index in [1.807, 2.05) is 20.8 Å². The van der Waals surface area contributed by atoms with E-state index in [9.17, 15) is 14.9 Å². The lowest BCUT2D eigenvalue weighted by Gasteiger charge is -2.53. The summed E-state index contributed by atoms with van der Waals surface area (Å²) >= 11 is 0. The van der Waals surface area contributed by atoms with E-state index in [4.69, 9.17) is 36.1 Å². The van der Waals surface area contributed by atoms with Crippen LogP contribution in [0.5, 0.6) is 0 Å². The summed E-state index contributed by atoms with van der Waals surface area (Å²) < 4.78 is 4.94. The van der Waals surface area contributed by atoms with Crippen LogP contribution in [-0.2, 0) is 21.3 Å². The number of fused-ring (bicyclic) bond motifs is 1. The van der Waals surface area contributed by atoms with Gasteiger partial charge in [-0.1, -0.05) is 0 Å². The Kier molecular flexibility index (Phi) is 6.16. The van der Waals surface area contributed by atoms with Crippen molar-refractivity contribution in [1.29, 1.82) is 0 Å². The molecule has 1 aliphatic rings. The second-order valence-electron chi connectivity index (χ2n) is 6.73. The van der Waals surface area contributed by atoms with E-state index in [1.54, 1.807) is 7.11 Å². The van der Waals surface area contributed by atoms with Crippen LogP contribution in [0.25, 0.3) is 0 Å². The quantitative estimate of drug-likeness (QED) is 0.326. The highest BCUT2D eigenvalue weighted by molar-refractivity contribution is 6.45. The van der Waals surface area contributed by atoms with Gasteiger partial charge in [0.25, 0.3) is 5.69 Å². The predicted molar refractivity (Wildman–Crippen MR) is 96.7 cm³/mol. The number of methoxy groups -OCH3 is 1. The maximum Gasteiger partial charge on any atom is 0.287 e. The molecule has 124 valence electrons. The van der Waals surface area contributed by atoms with E-state index in [0.29, 0.717) is 12.1 Å². The largest absolute Gasteiger partial charge is 0.379 e. The highest BCUT2D eigenvalue weighted by Gasteiger charge is 2.43. The van der Waals surface area contributed by atoms with Crippen LogP contribution in [0.1, 0.15) is 32.0 Å². The first-order valence-electron chi connectivity index (χ1n) is 7.35. The molecule has 0 bridgehead atoms. The fourth-order valence-corrected chi connectivity index (χ4v) is 2.08. The fourth-order valence-electron chi connectivity index (χ4n) is 2.08. The summed E-state index contributed by atoms with van der Waals surface area (Å²) in [5, 5.41) is 7.25. The molecule has 1 aliphatic heterocycles. The maximum atomic E-state index is 11.1. The third-order valence-electron chi connectivity index (χ3n) is 3.61. The van der Waals surface area contributed by atoms with Crippen LogP contribution in [0.2, 0.25) is 0 Å². The molecule has 0 spiro atoms. The highest BCUT2D eigenvalue weighted by atomic mass is 16.6. The molecule has 0 fully saturated rings. The van der Waals surface area contributed by atoms with Gasteiger partial charge >= 0.3 is 0 Å². The Labute approximate surface area is 152 Å². The molecule has 11 heteroatoms. The summed E-state index contributed by atoms with van der Waals surface area (Å²) in [5.74, 6) is 0. The first-order valence-corrected chi connectivity index (χ1v) is 7.35. The average molecular weight is 335 g/mol. The van der Waals surface area contributed by atoms with Gasteiger partial charge in [0.05, 0.1) is 41.9 Å². The summed E-state index contributed by atoms with van der Waals surface area (Å²) in [5.41, 5.74) is 0.213. The molecule has 1 amide bonds. The summed E-state index contributed by atoms with van der Waals surface area (Å²) in [6.45, 7) is 6.06. The first-order chi connectivity index (χ1) is 11.3. The number of pyridine rings is 1. The zero-order valence-corrected chi connectivity index (χ0v) is 14.7. The summed E-state index contributed by atoms with van der Waals surface area (Å²) in [6, 6.07) is 1.16. The number of carbonyl (C=O) groups is 1. The number of nitrogens with zero attached hydrogens (tertiary/aromatic N) is 3. The zero-order valence-electron chi connectivity index (χ0n) is 14.7. The third-order valence-corrected chi connectivity index (χ3v) is 3.61. The standard InChI is InChI=1S/C9H5B4N3O3.C5H12O/c10-8(11)2-7-6(9(12,13)15(8)4-17)1-5(3-14-7)16(18)19;1-5(2,3)6-4/h1,3-4H,2H2;1-4H3. The molecule has 0 aromatic carbocycles. The van der Waals surface area contributed by atoms with Crippen LogP contribution >= 0.6 is 0 Å². The average Bonchev–Trinajstić information content (AvgIpc) is 2.45. The molecule has 0 saturated carbocycles. The molecule has 0 atom stereocenters. The Hall–Kier alpha value is -1.76. The fraction of sp³-hybridized carbons (Fsp3) is 0.571. The van der Waals surface area contributed by atoms with Gasteiger partial charge < -0.3 is 9.64 Å². The maximum absolute atomic E-state index is 11.1. The van der Waals surface area contributed by atoms with Crippen molar-refractivity contribution < 1.29 is 14.5 Å². The van der Waals surface area contributed by atoms with Gasteiger partial charge in [-0.2, -0.15) is 0 Å². The lowest BCUT2D eigenvalue weighted by atomic mass is 9.46. The van der Waals surface area contributed by atoms with Gasteiger partial charge in [-0.15, -0.1) is 0 Å². The van der Waals surface area contributed by atoms with Crippen LogP contribution < -0.4 is 0 Å². The third kappa shape index (κ3) is 4.87. The van der Waals surface area contributed by atoms with Gasteiger partial charge in [-0.25, -0.2) is 0 Å². The van der Waals surface area contributed by atoms with Crippen molar-refractivity contribution in [2.45, 2.75) is 43.5 Å². The number of carbonyl (C=O) groups excluding carboxylic acids is 1. The summed E-state index contributed by atoms with van der Waals surface area (Å²) in [6.07, 6.45) is 1.35. The number of nitro groups is 1. The van der Waals surface area contributed by atoms with E-state index < -0.39 is 15.6 Å². The minimum Gasteiger partial charge on any atom is -0.379 e. The molecule has 25 heavy (non-hydrogen) atoms. The Balaban J connectivity index is 0.000000450. The van der Waals surface area contributed by atoms with E-state index in [1.165, 1.54) is 0 Å². The van der Waals surface area contributed by atoms with E-state index in [-0.39, 0.29) is 23.3 Å². The van der Waals surface area contributed by atoms with Crippen LogP contribution in [0, 0.1) is 10.1 Å². The lowest BCUT2D eigenvalue weighted by Crippen LogP contribution is -2.64. The number of aromatic nitrogens is 1. The predicted octanol–water partition coefficient (Wildman–Crippen LogP) is -0.126. The second-order valence-corrected chi connectivity index (χ2v) is 6.73. The molecule has 2 heterocycles. The van der Waals surface area contributed by atoms with Gasteiger partial charge in [0.15, 0.2) is 0 Å². The molecular formula is C14H17B4N3O4. The highest BCUT2D eigenvalue weighted by Crippen LogP contribution is 2.36. The molecule has 7 nitrogen and oxygen atoms in total. The second kappa shape index (κ2) is 7.23. The SMILES string of the molecule is COC(C)(C)C.[B]C1([B])Cc2ncc([N+](=O)[O-])cc2C([B])([B])N1C=O. The van der Waals surface area contributed by atoms with E-state index >= 15 is 0 Å². The van der Waals surface area contributed by atoms with Crippen molar-refractivity contribution in [3.05, 3.63) is 33.6 Å². The summed E-state index contributed by atoms with van der Waals surface area (Å²) in [7, 11) is 24.9. The van der Waals surface area contributed by atoms with Crippen LogP contribution in [0.4, 0.5) is 5.69 Å². The van der Waals surface area contributed by atoms with Crippen molar-refractivity contribution in [2.24, 2.45) is 0 Å². The topological polar surface area (TPSA) is 85.6 Å². The van der Waals surface area contributed by atoms with Crippen molar-refractivity contribution in [2.75, 3.05) is 7.11 Å². The van der Waals surface area contributed by atoms with E-state index in [2.05, 4.69) is 4.98 Å². The zero-order chi connectivity index (χ0) is 19.6. The monoisotopic (exact) mass is 335 g/mol. The Morgan fingerprint density at radius 3 is 2.28 bits per heavy atom. The van der Waals surface area contributed by atoms with Gasteiger partial charge in [0.2, 0.25) is 6.41 Å². The minimum absolute atomic E-state index is 0.0186. The Morgan fingerprint density at radius 2 is 1.88 bits per heavy atom. The van der Waals surface area contributed by atoms with Crippen LogP contribution in [0.3, 0.4) is 0 Å². The number of ether oxygens (including phenoxy) is 1. The van der Waals surface area contributed by atoms with Crippen molar-refractivity contribution in [3.63, 3.8) is 0 Å². The van der Waals surface area contributed by atoms with Gasteiger partial charge in [-0.3, -0.25) is 19.9 Å². The van der Waals surface area contributed by atoms with Gasteiger partial charge in [0.1, 0.15) is 6.20 Å². The smallest absolute Gasteiger partial charge is 0.287 e. The number of rotatable bonds is 2. The molecule has 2 rings (SSSR count). The summed E-state index contributed by atoms with van der Waals surface area (Å²) in [4.78, 5) is 25.9. The molecule has 0 saturated heterocycles. The number of amides is 1. The molecular weight excluding hydrogens is 317 g/mol. The van der Waals surface area contributed by atoms with Crippen molar-refractivity contribution in [3.8, 4) is 0 Å². The van der Waals surface area contributed by atoms with Crippen LogP contribution in [0.15, 0.2) is 12.3 Å². The molecule has 0 N–H and O–H groups in total. The van der Waals surface area contributed by atoms with Gasteiger partial charge in [-0.05, 0) is 43.4 Å². The molecule has 0 unspecified atom stereocenters. The molecule has 1 aromatic rings. The van der Waals surface area contributed by atoms with Gasteiger partial charge in [0, 0.05) is 18.9 Å². The van der Waals surface area contributed by atoms with E-state index in [0.717, 1.165) is 17.2 Å². The molecule has 8 radical (unpaired) electrons. The van der Waals surface area contributed by atoms with Crippen LogP contribution in [-0.4, -0.2) is 70.7 Å². The molecule has 0 aliphatic carbocycles. The minimum atomic E-state index is -1.86. The Bertz CT molecular complexity index is 662. The number of hydrogen-bond donors (Lipinski definition) is 0. The lowest BCUT2D eigenvalue weighted by molar-refractivity contribution is -0.385. The normalized spacial score (nSPS) is 17.7. The number of hydrogen-bond acceptors (Lipinski definition) is 5. The molecule has 1 aromatic heterocycles. The first kappa shape index (κ1) is 21.3. The van der Waals surface area contributed by atoms with Crippen molar-refractivity contribution in [1.82, 2.24) is 9.88 Å².